The number of likely N-dealkylation sites (tertiary alicyclic amines) is 1. The minimum atomic E-state index is -0.0735. The van der Waals surface area contributed by atoms with Crippen molar-refractivity contribution in [2.45, 2.75) is 26.7 Å². The molecule has 1 atom stereocenters. The molecule has 1 N–H and O–H groups in total. The quantitative estimate of drug-likeness (QED) is 0.558. The number of carbonyl (C=O) groups is 1. The zero-order valence-electron chi connectivity index (χ0n) is 19.2. The highest BCUT2D eigenvalue weighted by Crippen LogP contribution is 2.26. The Kier molecular flexibility index (Phi) is 7.35. The number of nitrogens with one attached hydrogen (secondary N) is 1. The summed E-state index contributed by atoms with van der Waals surface area (Å²) >= 11 is 0. The van der Waals surface area contributed by atoms with Crippen molar-refractivity contribution in [3.8, 4) is 5.75 Å². The molecule has 2 aromatic heterocycles. The minimum absolute atomic E-state index is 0.0735. The maximum Gasteiger partial charge on any atom is 0.321 e. The molecule has 6 nitrogen and oxygen atoms in total. The van der Waals surface area contributed by atoms with Crippen LogP contribution in [0, 0.1) is 12.8 Å². The van der Waals surface area contributed by atoms with Gasteiger partial charge in [-0.3, -0.25) is 9.97 Å². The summed E-state index contributed by atoms with van der Waals surface area (Å²) in [6.07, 6.45) is 9.26. The minimum Gasteiger partial charge on any atom is -0.493 e. The fourth-order valence-corrected chi connectivity index (χ4v) is 3.93. The molecule has 0 aliphatic carbocycles. The standard InChI is InChI=1S/C27H30N4O2/c1-20-19-31(27(32)30-25-9-8-21(2)29-18-25)13-10-24(20)15-23-5-3-7-26(16-23)33-14-11-22-6-4-12-28-17-22/h3-9,12,15-18,20H,10-11,13-14,19H2,1-2H3,(H,30,32)/b24-15+. The summed E-state index contributed by atoms with van der Waals surface area (Å²) in [7, 11) is 0. The Balaban J connectivity index is 1.31. The van der Waals surface area contributed by atoms with Gasteiger partial charge in [-0.25, -0.2) is 4.79 Å². The number of nitrogens with zero attached hydrogens (tertiary/aromatic N) is 3. The Hall–Kier alpha value is -3.67. The largest absolute Gasteiger partial charge is 0.493 e. The lowest BCUT2D eigenvalue weighted by Gasteiger charge is -2.33. The molecule has 3 heterocycles. The second kappa shape index (κ2) is 10.8. The Morgan fingerprint density at radius 1 is 1.21 bits per heavy atom. The Labute approximate surface area is 195 Å². The molecule has 0 radical (unpaired) electrons. The van der Waals surface area contributed by atoms with Crippen molar-refractivity contribution in [2.24, 2.45) is 5.92 Å². The van der Waals surface area contributed by atoms with Crippen LogP contribution in [-0.2, 0) is 6.42 Å². The van der Waals surface area contributed by atoms with Gasteiger partial charge in [0.05, 0.1) is 18.5 Å². The van der Waals surface area contributed by atoms with Crippen LogP contribution >= 0.6 is 0 Å². The number of carbonyl (C=O) groups excluding carboxylic acids is 1. The molecule has 33 heavy (non-hydrogen) atoms. The van der Waals surface area contributed by atoms with Gasteiger partial charge in [-0.05, 0) is 60.7 Å². The topological polar surface area (TPSA) is 67.4 Å². The summed E-state index contributed by atoms with van der Waals surface area (Å²) in [5.41, 5.74) is 5.29. The molecule has 0 bridgehead atoms. The van der Waals surface area contributed by atoms with Gasteiger partial charge in [-0.15, -0.1) is 0 Å². The number of piperidine rings is 1. The number of rotatable bonds is 6. The lowest BCUT2D eigenvalue weighted by Crippen LogP contribution is -2.42. The van der Waals surface area contributed by atoms with E-state index >= 15 is 0 Å². The first-order valence-electron chi connectivity index (χ1n) is 11.4. The highest BCUT2D eigenvalue weighted by atomic mass is 16.5. The fraction of sp³-hybridized carbons (Fsp3) is 0.296. The molecule has 1 aliphatic rings. The predicted octanol–water partition coefficient (Wildman–Crippen LogP) is 5.36. The van der Waals surface area contributed by atoms with Crippen molar-refractivity contribution < 1.29 is 9.53 Å². The van der Waals surface area contributed by atoms with E-state index in [0.717, 1.165) is 35.5 Å². The van der Waals surface area contributed by atoms with E-state index in [-0.39, 0.29) is 11.9 Å². The zero-order chi connectivity index (χ0) is 23.0. The average Bonchev–Trinajstić information content (AvgIpc) is 2.83. The van der Waals surface area contributed by atoms with Gasteiger partial charge in [0.1, 0.15) is 5.75 Å². The highest BCUT2D eigenvalue weighted by molar-refractivity contribution is 5.89. The number of aryl methyl sites for hydroxylation is 1. The van der Waals surface area contributed by atoms with Gasteiger partial charge in [0.15, 0.2) is 0 Å². The number of ether oxygens (including phenoxy) is 1. The zero-order valence-corrected chi connectivity index (χ0v) is 19.2. The number of hydrogen-bond acceptors (Lipinski definition) is 4. The number of aromatic nitrogens is 2. The van der Waals surface area contributed by atoms with E-state index < -0.39 is 0 Å². The summed E-state index contributed by atoms with van der Waals surface area (Å²) in [4.78, 5) is 22.9. The summed E-state index contributed by atoms with van der Waals surface area (Å²) < 4.78 is 5.96. The summed E-state index contributed by atoms with van der Waals surface area (Å²) in [5.74, 6) is 1.15. The molecule has 1 aromatic carbocycles. The summed E-state index contributed by atoms with van der Waals surface area (Å²) in [6.45, 7) is 6.10. The molecule has 1 saturated heterocycles. The van der Waals surface area contributed by atoms with E-state index in [9.17, 15) is 4.79 Å². The van der Waals surface area contributed by atoms with Gasteiger partial charge >= 0.3 is 6.03 Å². The first-order chi connectivity index (χ1) is 16.1. The lowest BCUT2D eigenvalue weighted by molar-refractivity contribution is 0.198. The van der Waals surface area contributed by atoms with Crippen molar-refractivity contribution in [2.75, 3.05) is 25.0 Å². The highest BCUT2D eigenvalue weighted by Gasteiger charge is 2.24. The second-order valence-corrected chi connectivity index (χ2v) is 8.47. The number of amides is 2. The molecular formula is C27H30N4O2. The van der Waals surface area contributed by atoms with Gasteiger partial charge in [0.2, 0.25) is 0 Å². The molecule has 4 rings (SSSR count). The third kappa shape index (κ3) is 6.42. The molecule has 0 saturated carbocycles. The lowest BCUT2D eigenvalue weighted by atomic mass is 9.91. The molecular weight excluding hydrogens is 412 g/mol. The number of urea groups is 1. The van der Waals surface area contributed by atoms with Crippen LogP contribution in [0.1, 0.15) is 30.2 Å². The van der Waals surface area contributed by atoms with Crippen molar-refractivity contribution in [3.05, 3.63) is 89.5 Å². The first kappa shape index (κ1) is 22.5. The van der Waals surface area contributed by atoms with Crippen LogP contribution in [0.3, 0.4) is 0 Å². The van der Waals surface area contributed by atoms with Crippen LogP contribution < -0.4 is 10.1 Å². The van der Waals surface area contributed by atoms with Crippen LogP contribution in [0.25, 0.3) is 6.08 Å². The number of benzene rings is 1. The Bertz CT molecular complexity index is 1100. The number of anilines is 1. The maximum atomic E-state index is 12.7. The third-order valence-electron chi connectivity index (χ3n) is 5.84. The normalized spacial score (nSPS) is 17.1. The van der Waals surface area contributed by atoms with Gasteiger partial charge in [-0.2, -0.15) is 0 Å². The molecule has 6 heteroatoms. The fourth-order valence-electron chi connectivity index (χ4n) is 3.93. The van der Waals surface area contributed by atoms with Crippen molar-refractivity contribution >= 4 is 17.8 Å². The molecule has 3 aromatic rings. The predicted molar refractivity (Wildman–Crippen MR) is 131 cm³/mol. The molecule has 2 amide bonds. The molecule has 1 aliphatic heterocycles. The monoisotopic (exact) mass is 442 g/mol. The van der Waals surface area contributed by atoms with E-state index in [0.29, 0.717) is 19.7 Å². The molecule has 1 fully saturated rings. The first-order valence-corrected chi connectivity index (χ1v) is 11.4. The van der Waals surface area contributed by atoms with E-state index in [4.69, 9.17) is 4.74 Å². The molecule has 170 valence electrons. The van der Waals surface area contributed by atoms with E-state index in [1.807, 2.05) is 48.4 Å². The van der Waals surface area contributed by atoms with Gasteiger partial charge in [0.25, 0.3) is 0 Å². The van der Waals surface area contributed by atoms with Crippen LogP contribution in [0.15, 0.2) is 72.7 Å². The molecule has 0 spiro atoms. The average molecular weight is 443 g/mol. The van der Waals surface area contributed by atoms with Gasteiger partial charge in [-0.1, -0.05) is 36.8 Å². The van der Waals surface area contributed by atoms with Crippen molar-refractivity contribution in [1.82, 2.24) is 14.9 Å². The number of hydrogen-bond donors (Lipinski definition) is 1. The second-order valence-electron chi connectivity index (χ2n) is 8.47. The van der Waals surface area contributed by atoms with Crippen LogP contribution in [-0.4, -0.2) is 40.6 Å². The Morgan fingerprint density at radius 3 is 2.88 bits per heavy atom. The van der Waals surface area contributed by atoms with Gasteiger partial charge in [0, 0.05) is 37.6 Å². The van der Waals surface area contributed by atoms with E-state index in [2.05, 4.69) is 46.5 Å². The van der Waals surface area contributed by atoms with Gasteiger partial charge < -0.3 is 15.0 Å². The Morgan fingerprint density at radius 2 is 2.12 bits per heavy atom. The van der Waals surface area contributed by atoms with Crippen LogP contribution in [0.4, 0.5) is 10.5 Å². The molecule has 1 unspecified atom stereocenters. The van der Waals surface area contributed by atoms with E-state index in [1.54, 1.807) is 12.4 Å². The maximum absolute atomic E-state index is 12.7. The number of pyridine rings is 2. The van der Waals surface area contributed by atoms with Crippen molar-refractivity contribution in [1.29, 1.82) is 0 Å². The van der Waals surface area contributed by atoms with Crippen LogP contribution in [0.2, 0.25) is 0 Å². The third-order valence-corrected chi connectivity index (χ3v) is 5.84. The van der Waals surface area contributed by atoms with Crippen LogP contribution in [0.5, 0.6) is 5.75 Å². The van der Waals surface area contributed by atoms with Crippen molar-refractivity contribution in [3.63, 3.8) is 0 Å². The summed E-state index contributed by atoms with van der Waals surface area (Å²) in [5, 5.41) is 2.95. The summed E-state index contributed by atoms with van der Waals surface area (Å²) in [6, 6.07) is 15.9. The smallest absolute Gasteiger partial charge is 0.321 e. The SMILES string of the molecule is Cc1ccc(NC(=O)N2CC/C(=C\c3cccc(OCCc4cccnc4)c3)C(C)C2)cn1. The van der Waals surface area contributed by atoms with E-state index in [1.165, 1.54) is 11.1 Å².